The molecule has 0 radical (unpaired) electrons. The van der Waals surface area contributed by atoms with Gasteiger partial charge in [0, 0.05) is 19.6 Å². The Bertz CT molecular complexity index is 598. The van der Waals surface area contributed by atoms with E-state index in [-0.39, 0.29) is 24.3 Å². The summed E-state index contributed by atoms with van der Waals surface area (Å²) in [6.07, 6.45) is 0. The molecule has 19 heavy (non-hydrogen) atoms. The summed E-state index contributed by atoms with van der Waals surface area (Å²) in [5, 5.41) is 6.96. The van der Waals surface area contributed by atoms with Gasteiger partial charge in [-0.25, -0.2) is 4.52 Å². The molecule has 2 aromatic rings. The minimum atomic E-state index is 0. The van der Waals surface area contributed by atoms with Crippen LogP contribution in [0.2, 0.25) is 0 Å². The average Bonchev–Trinajstić information content (AvgIpc) is 2.71. The van der Waals surface area contributed by atoms with Crippen LogP contribution in [0.4, 0.5) is 5.95 Å². The summed E-state index contributed by atoms with van der Waals surface area (Å²) < 4.78 is 1.72. The molecule has 0 atom stereocenters. The largest absolute Gasteiger partial charge is 0.366 e. The third-order valence-electron chi connectivity index (χ3n) is 2.96. The number of nitrogens with zero attached hydrogens (tertiary/aromatic N) is 4. The van der Waals surface area contributed by atoms with Crippen LogP contribution >= 0.6 is 12.4 Å². The number of hydrogen-bond donors (Lipinski definition) is 2. The minimum Gasteiger partial charge on any atom is -0.366 e. The van der Waals surface area contributed by atoms with E-state index in [0.29, 0.717) is 19.6 Å². The molecular formula is C11H15ClN6O. The lowest BCUT2D eigenvalue weighted by Gasteiger charge is -2.26. The minimum absolute atomic E-state index is 0. The number of carbonyl (C=O) groups excluding carboxylic acids is 1. The Kier molecular flexibility index (Phi) is 3.87. The smallest absolute Gasteiger partial charge is 0.240 e. The van der Waals surface area contributed by atoms with Crippen molar-refractivity contribution in [2.45, 2.75) is 6.54 Å². The van der Waals surface area contributed by atoms with Gasteiger partial charge in [0.2, 0.25) is 11.9 Å². The normalized spacial score (nSPS) is 16.1. The Labute approximate surface area is 116 Å². The molecule has 0 aromatic carbocycles. The van der Waals surface area contributed by atoms with Crippen LogP contribution in [-0.4, -0.2) is 45.0 Å². The first kappa shape index (κ1) is 13.6. The van der Waals surface area contributed by atoms with Gasteiger partial charge >= 0.3 is 0 Å². The molecule has 7 nitrogen and oxygen atoms in total. The molecule has 1 aliphatic rings. The number of nitrogen functional groups attached to an aromatic ring is 1. The van der Waals surface area contributed by atoms with Crippen LogP contribution < -0.4 is 11.1 Å². The number of nitrogens with one attached hydrogen (secondary N) is 1. The van der Waals surface area contributed by atoms with E-state index < -0.39 is 0 Å². The van der Waals surface area contributed by atoms with Crippen LogP contribution in [0.15, 0.2) is 18.2 Å². The highest BCUT2D eigenvalue weighted by Crippen LogP contribution is 2.10. The topological polar surface area (TPSA) is 88.5 Å². The SMILES string of the molecule is Cl.Nc1nc2cccc(CN3CCNC(=O)C3)n2n1. The molecule has 1 saturated heterocycles. The quantitative estimate of drug-likeness (QED) is 0.787. The zero-order valence-electron chi connectivity index (χ0n) is 10.2. The molecule has 0 unspecified atom stereocenters. The molecule has 1 aliphatic heterocycles. The van der Waals surface area contributed by atoms with Gasteiger partial charge in [0.15, 0.2) is 5.65 Å². The second kappa shape index (κ2) is 5.41. The fourth-order valence-corrected chi connectivity index (χ4v) is 2.15. The molecule has 1 fully saturated rings. The summed E-state index contributed by atoms with van der Waals surface area (Å²) in [6.45, 7) is 2.61. The van der Waals surface area contributed by atoms with E-state index in [1.54, 1.807) is 4.52 Å². The Morgan fingerprint density at radius 3 is 3.05 bits per heavy atom. The second-order valence-corrected chi connectivity index (χ2v) is 4.32. The Hall–Kier alpha value is -1.86. The van der Waals surface area contributed by atoms with Crippen molar-refractivity contribution in [2.75, 3.05) is 25.4 Å². The van der Waals surface area contributed by atoms with E-state index >= 15 is 0 Å². The first-order valence-corrected chi connectivity index (χ1v) is 5.81. The van der Waals surface area contributed by atoms with Crippen LogP contribution in [0.3, 0.4) is 0 Å². The van der Waals surface area contributed by atoms with Crippen LogP contribution in [0, 0.1) is 0 Å². The van der Waals surface area contributed by atoms with Crippen LogP contribution in [0.1, 0.15) is 5.69 Å². The number of halogens is 1. The van der Waals surface area contributed by atoms with Gasteiger partial charge in [-0.2, -0.15) is 4.98 Å². The maximum Gasteiger partial charge on any atom is 0.240 e. The fourth-order valence-electron chi connectivity index (χ4n) is 2.15. The van der Waals surface area contributed by atoms with Crippen molar-refractivity contribution in [2.24, 2.45) is 0 Å². The third-order valence-corrected chi connectivity index (χ3v) is 2.96. The number of pyridine rings is 1. The number of rotatable bonds is 2. The lowest BCUT2D eigenvalue weighted by Crippen LogP contribution is -2.47. The Morgan fingerprint density at radius 1 is 1.42 bits per heavy atom. The van der Waals surface area contributed by atoms with Crippen LogP contribution in [-0.2, 0) is 11.3 Å². The second-order valence-electron chi connectivity index (χ2n) is 4.32. The lowest BCUT2D eigenvalue weighted by molar-refractivity contribution is -0.124. The number of carbonyl (C=O) groups is 1. The van der Waals surface area contributed by atoms with Gasteiger partial charge in [0.25, 0.3) is 0 Å². The maximum absolute atomic E-state index is 11.3. The molecule has 0 bridgehead atoms. The van der Waals surface area contributed by atoms with Crippen molar-refractivity contribution < 1.29 is 4.79 Å². The molecule has 8 heteroatoms. The highest BCUT2D eigenvalue weighted by atomic mass is 35.5. The molecule has 3 rings (SSSR count). The van der Waals surface area contributed by atoms with E-state index in [1.165, 1.54) is 0 Å². The first-order chi connectivity index (χ1) is 8.72. The van der Waals surface area contributed by atoms with Gasteiger partial charge in [0.1, 0.15) is 0 Å². The predicted octanol–water partition coefficient (Wildman–Crippen LogP) is -0.335. The number of nitrogens with two attached hydrogens (primary N) is 1. The van der Waals surface area contributed by atoms with Crippen LogP contribution in [0.25, 0.3) is 5.65 Å². The van der Waals surface area contributed by atoms with Crippen molar-refractivity contribution in [3.05, 3.63) is 23.9 Å². The summed E-state index contributed by atoms with van der Waals surface area (Å²) in [5.74, 6) is 0.324. The van der Waals surface area contributed by atoms with E-state index in [4.69, 9.17) is 5.73 Å². The summed E-state index contributed by atoms with van der Waals surface area (Å²) in [6, 6.07) is 5.74. The van der Waals surface area contributed by atoms with Gasteiger partial charge in [-0.1, -0.05) is 6.07 Å². The number of amides is 1. The molecule has 2 aromatic heterocycles. The van der Waals surface area contributed by atoms with Gasteiger partial charge in [-0.3, -0.25) is 9.69 Å². The monoisotopic (exact) mass is 282 g/mol. The Balaban J connectivity index is 0.00000133. The van der Waals surface area contributed by atoms with Crippen molar-refractivity contribution in [1.29, 1.82) is 0 Å². The molecule has 0 aliphatic carbocycles. The standard InChI is InChI=1S/C11H14N6O.ClH/c12-11-14-9-3-1-2-8(17(9)15-11)6-16-5-4-13-10(18)7-16;/h1-3H,4-7H2,(H2,12,15)(H,13,18);1H. The fraction of sp³-hybridized carbons (Fsp3) is 0.364. The summed E-state index contributed by atoms with van der Waals surface area (Å²) in [4.78, 5) is 17.5. The van der Waals surface area contributed by atoms with Crippen LogP contribution in [0.5, 0.6) is 0 Å². The molecule has 3 heterocycles. The summed E-state index contributed by atoms with van der Waals surface area (Å²) in [7, 11) is 0. The zero-order valence-corrected chi connectivity index (χ0v) is 11.1. The molecular weight excluding hydrogens is 268 g/mol. The van der Waals surface area contributed by atoms with E-state index in [9.17, 15) is 4.79 Å². The third kappa shape index (κ3) is 2.77. The average molecular weight is 283 g/mol. The van der Waals surface area contributed by atoms with Crippen molar-refractivity contribution in [3.8, 4) is 0 Å². The van der Waals surface area contributed by atoms with Gasteiger partial charge in [-0.05, 0) is 12.1 Å². The summed E-state index contributed by atoms with van der Waals surface area (Å²) in [5.41, 5.74) is 7.30. The van der Waals surface area contributed by atoms with E-state index in [0.717, 1.165) is 17.9 Å². The molecule has 3 N–H and O–H groups in total. The van der Waals surface area contributed by atoms with Gasteiger partial charge in [-0.15, -0.1) is 17.5 Å². The van der Waals surface area contributed by atoms with Crippen molar-refractivity contribution >= 4 is 29.9 Å². The molecule has 0 spiro atoms. The number of fused-ring (bicyclic) bond motifs is 1. The van der Waals surface area contributed by atoms with Crippen molar-refractivity contribution in [1.82, 2.24) is 24.8 Å². The number of hydrogen-bond acceptors (Lipinski definition) is 5. The van der Waals surface area contributed by atoms with E-state index in [2.05, 4.69) is 20.3 Å². The number of piperazine rings is 1. The highest BCUT2D eigenvalue weighted by molar-refractivity contribution is 5.85. The van der Waals surface area contributed by atoms with Crippen molar-refractivity contribution in [3.63, 3.8) is 0 Å². The van der Waals surface area contributed by atoms with Gasteiger partial charge in [0.05, 0.1) is 12.2 Å². The Morgan fingerprint density at radius 2 is 2.26 bits per heavy atom. The molecule has 1 amide bonds. The number of aromatic nitrogens is 3. The van der Waals surface area contributed by atoms with Gasteiger partial charge < -0.3 is 11.1 Å². The first-order valence-electron chi connectivity index (χ1n) is 5.81. The molecule has 0 saturated carbocycles. The number of anilines is 1. The summed E-state index contributed by atoms with van der Waals surface area (Å²) >= 11 is 0. The zero-order chi connectivity index (χ0) is 12.5. The maximum atomic E-state index is 11.3. The predicted molar refractivity (Wildman–Crippen MR) is 72.9 cm³/mol. The molecule has 102 valence electrons. The van der Waals surface area contributed by atoms with E-state index in [1.807, 2.05) is 18.2 Å². The lowest BCUT2D eigenvalue weighted by atomic mass is 10.3. The highest BCUT2D eigenvalue weighted by Gasteiger charge is 2.17.